The van der Waals surface area contributed by atoms with Crippen LogP contribution in [0.15, 0.2) is 71.6 Å². The van der Waals surface area contributed by atoms with E-state index >= 15 is 0 Å². The number of aryl methyl sites for hydroxylation is 1. The molecular weight excluding hydrogens is 463 g/mol. The van der Waals surface area contributed by atoms with Crippen molar-refractivity contribution in [2.75, 3.05) is 10.0 Å². The summed E-state index contributed by atoms with van der Waals surface area (Å²) in [4.78, 5) is 22.6. The van der Waals surface area contributed by atoms with Crippen LogP contribution in [0.4, 0.5) is 30.2 Å². The van der Waals surface area contributed by atoms with Gasteiger partial charge in [0.15, 0.2) is 0 Å². The number of nitro groups is 1. The fraction of sp³-hybridized carbons (Fsp3) is 0.0952. The van der Waals surface area contributed by atoms with E-state index in [1.165, 1.54) is 37.3 Å². The number of sulfonamides is 1. The van der Waals surface area contributed by atoms with E-state index < -0.39 is 32.6 Å². The Morgan fingerprint density at radius 3 is 2.24 bits per heavy atom. The summed E-state index contributed by atoms with van der Waals surface area (Å²) in [6.45, 7) is 1.53. The number of hydrogen-bond donors (Lipinski definition) is 2. The zero-order valence-electron chi connectivity index (χ0n) is 16.9. The number of amides is 1. The molecule has 0 heterocycles. The van der Waals surface area contributed by atoms with Crippen molar-refractivity contribution in [2.24, 2.45) is 0 Å². The maximum atomic E-state index is 12.8. The molecule has 0 unspecified atom stereocenters. The third-order valence-corrected chi connectivity index (χ3v) is 5.93. The highest BCUT2D eigenvalue weighted by Gasteiger charge is 2.30. The number of carbonyl (C=O) groups is 1. The molecule has 33 heavy (non-hydrogen) atoms. The molecule has 3 aromatic carbocycles. The number of nitro benzene ring substituents is 1. The van der Waals surface area contributed by atoms with Crippen molar-refractivity contribution in [3.63, 3.8) is 0 Å². The van der Waals surface area contributed by atoms with Gasteiger partial charge in [-0.15, -0.1) is 0 Å². The van der Waals surface area contributed by atoms with Gasteiger partial charge < -0.3 is 5.32 Å². The van der Waals surface area contributed by atoms with E-state index in [0.29, 0.717) is 11.6 Å². The van der Waals surface area contributed by atoms with Crippen molar-refractivity contribution in [1.82, 2.24) is 0 Å². The van der Waals surface area contributed by atoms with Crippen LogP contribution in [0.2, 0.25) is 0 Å². The van der Waals surface area contributed by atoms with Crippen LogP contribution in [0.5, 0.6) is 0 Å². The Kier molecular flexibility index (Phi) is 6.40. The second-order valence-corrected chi connectivity index (χ2v) is 8.60. The first-order valence-electron chi connectivity index (χ1n) is 9.23. The van der Waals surface area contributed by atoms with Crippen LogP contribution in [-0.4, -0.2) is 19.2 Å². The van der Waals surface area contributed by atoms with Gasteiger partial charge in [0, 0.05) is 28.6 Å². The first-order valence-corrected chi connectivity index (χ1v) is 10.7. The molecule has 0 aliphatic rings. The van der Waals surface area contributed by atoms with Gasteiger partial charge in [0.1, 0.15) is 0 Å². The molecule has 0 aliphatic heterocycles. The van der Waals surface area contributed by atoms with Crippen LogP contribution >= 0.6 is 0 Å². The SMILES string of the molecule is Cc1ccc(C(=O)Nc2ccc(S(=O)(=O)Nc3cccc(C(F)(F)F)c3)cc2)cc1[N+](=O)[O-]. The molecule has 2 N–H and O–H groups in total. The van der Waals surface area contributed by atoms with E-state index in [9.17, 15) is 36.5 Å². The summed E-state index contributed by atoms with van der Waals surface area (Å²) in [5.41, 5.74) is -0.846. The van der Waals surface area contributed by atoms with E-state index in [-0.39, 0.29) is 27.5 Å². The molecular formula is C21H16F3N3O5S. The van der Waals surface area contributed by atoms with Crippen molar-refractivity contribution < 1.29 is 31.3 Å². The fourth-order valence-electron chi connectivity index (χ4n) is 2.84. The molecule has 0 radical (unpaired) electrons. The van der Waals surface area contributed by atoms with Crippen molar-refractivity contribution in [1.29, 1.82) is 0 Å². The van der Waals surface area contributed by atoms with Gasteiger partial charge in [-0.2, -0.15) is 13.2 Å². The minimum Gasteiger partial charge on any atom is -0.322 e. The number of benzene rings is 3. The normalized spacial score (nSPS) is 11.6. The van der Waals surface area contributed by atoms with Crippen molar-refractivity contribution in [3.05, 3.63) is 93.5 Å². The Bertz CT molecular complexity index is 1320. The van der Waals surface area contributed by atoms with Crippen LogP contribution < -0.4 is 10.0 Å². The number of halogens is 3. The molecule has 1 amide bonds. The van der Waals surface area contributed by atoms with Gasteiger partial charge in [0.05, 0.1) is 15.4 Å². The fourth-order valence-corrected chi connectivity index (χ4v) is 3.89. The second-order valence-electron chi connectivity index (χ2n) is 6.92. The summed E-state index contributed by atoms with van der Waals surface area (Å²) in [5, 5.41) is 13.5. The highest BCUT2D eigenvalue weighted by Crippen LogP contribution is 2.31. The Morgan fingerprint density at radius 1 is 0.970 bits per heavy atom. The summed E-state index contributed by atoms with van der Waals surface area (Å²) in [5.74, 6) is -0.643. The van der Waals surface area contributed by atoms with E-state index in [2.05, 4.69) is 10.0 Å². The zero-order chi connectivity index (χ0) is 24.4. The molecule has 0 bridgehead atoms. The summed E-state index contributed by atoms with van der Waals surface area (Å²) in [6.07, 6.45) is -4.63. The number of alkyl halides is 3. The summed E-state index contributed by atoms with van der Waals surface area (Å²) < 4.78 is 65.6. The minimum absolute atomic E-state index is 0.0372. The van der Waals surface area contributed by atoms with Crippen molar-refractivity contribution >= 4 is 33.0 Å². The van der Waals surface area contributed by atoms with E-state index in [0.717, 1.165) is 30.3 Å². The van der Waals surface area contributed by atoms with Crippen LogP contribution in [-0.2, 0) is 16.2 Å². The molecule has 0 spiro atoms. The third kappa shape index (κ3) is 5.66. The van der Waals surface area contributed by atoms with Gasteiger partial charge in [-0.3, -0.25) is 19.6 Å². The number of rotatable bonds is 6. The first-order chi connectivity index (χ1) is 15.4. The smallest absolute Gasteiger partial charge is 0.322 e. The Hall–Kier alpha value is -3.93. The third-order valence-electron chi connectivity index (χ3n) is 4.53. The largest absolute Gasteiger partial charge is 0.416 e. The van der Waals surface area contributed by atoms with Gasteiger partial charge >= 0.3 is 6.18 Å². The van der Waals surface area contributed by atoms with E-state index in [1.807, 2.05) is 0 Å². The predicted octanol–water partition coefficient (Wildman–Crippen LogP) is 4.98. The second kappa shape index (κ2) is 8.90. The molecule has 0 aliphatic carbocycles. The number of carbonyl (C=O) groups excluding carboxylic acids is 1. The molecule has 0 saturated carbocycles. The average molecular weight is 479 g/mol. The maximum Gasteiger partial charge on any atom is 0.416 e. The monoisotopic (exact) mass is 479 g/mol. The predicted molar refractivity (Wildman–Crippen MR) is 114 cm³/mol. The first kappa shape index (κ1) is 23.7. The van der Waals surface area contributed by atoms with Crippen molar-refractivity contribution in [2.45, 2.75) is 18.0 Å². The molecule has 0 aromatic heterocycles. The molecule has 0 fully saturated rings. The van der Waals surface area contributed by atoms with Gasteiger partial charge in [-0.05, 0) is 55.5 Å². The van der Waals surface area contributed by atoms with Gasteiger partial charge in [-0.1, -0.05) is 12.1 Å². The summed E-state index contributed by atoms with van der Waals surface area (Å²) in [6, 6.07) is 12.6. The summed E-state index contributed by atoms with van der Waals surface area (Å²) in [7, 11) is -4.20. The maximum absolute atomic E-state index is 12.8. The standard InChI is InChI=1S/C21H16F3N3O5S/c1-13-5-6-14(11-19(13)27(29)30)20(28)25-16-7-9-18(10-8-16)33(31,32)26-17-4-2-3-15(12-17)21(22,23)24/h2-12,26H,1H3,(H,25,28). The Labute approximate surface area is 186 Å². The van der Waals surface area contributed by atoms with Crippen LogP contribution in [0, 0.1) is 17.0 Å². The lowest BCUT2D eigenvalue weighted by molar-refractivity contribution is -0.385. The van der Waals surface area contributed by atoms with Crippen LogP contribution in [0.3, 0.4) is 0 Å². The van der Waals surface area contributed by atoms with Crippen molar-refractivity contribution in [3.8, 4) is 0 Å². The zero-order valence-corrected chi connectivity index (χ0v) is 17.7. The lowest BCUT2D eigenvalue weighted by Crippen LogP contribution is -2.15. The van der Waals surface area contributed by atoms with E-state index in [1.54, 1.807) is 0 Å². The summed E-state index contributed by atoms with van der Waals surface area (Å²) >= 11 is 0. The molecule has 3 aromatic rings. The number of nitrogens with zero attached hydrogens (tertiary/aromatic N) is 1. The molecule has 3 rings (SSSR count). The lowest BCUT2D eigenvalue weighted by atomic mass is 10.1. The highest BCUT2D eigenvalue weighted by atomic mass is 32.2. The number of anilines is 2. The van der Waals surface area contributed by atoms with Gasteiger partial charge in [-0.25, -0.2) is 8.42 Å². The lowest BCUT2D eigenvalue weighted by Gasteiger charge is -2.12. The molecule has 172 valence electrons. The molecule has 12 heteroatoms. The van der Waals surface area contributed by atoms with Gasteiger partial charge in [0.2, 0.25) is 0 Å². The van der Waals surface area contributed by atoms with E-state index in [4.69, 9.17) is 0 Å². The Balaban J connectivity index is 1.75. The highest BCUT2D eigenvalue weighted by molar-refractivity contribution is 7.92. The number of hydrogen-bond acceptors (Lipinski definition) is 5. The molecule has 0 saturated heterocycles. The van der Waals surface area contributed by atoms with Gasteiger partial charge in [0.25, 0.3) is 21.6 Å². The van der Waals surface area contributed by atoms with Crippen LogP contribution in [0.1, 0.15) is 21.5 Å². The molecule has 8 nitrogen and oxygen atoms in total. The topological polar surface area (TPSA) is 118 Å². The minimum atomic E-state index is -4.63. The number of nitrogens with one attached hydrogen (secondary N) is 2. The van der Waals surface area contributed by atoms with Crippen LogP contribution in [0.25, 0.3) is 0 Å². The quantitative estimate of drug-likeness (QED) is 0.382. The average Bonchev–Trinajstić information content (AvgIpc) is 2.73. The Morgan fingerprint density at radius 2 is 1.64 bits per heavy atom. The molecule has 0 atom stereocenters.